The summed E-state index contributed by atoms with van der Waals surface area (Å²) < 4.78 is 5.05. The van der Waals surface area contributed by atoms with Crippen molar-refractivity contribution in [2.45, 2.75) is 33.2 Å². The maximum absolute atomic E-state index is 11.7. The molecule has 0 aliphatic heterocycles. The van der Waals surface area contributed by atoms with E-state index in [2.05, 4.69) is 20.4 Å². The molecule has 0 bridgehead atoms. The number of aromatic amines is 1. The summed E-state index contributed by atoms with van der Waals surface area (Å²) >= 11 is 0. The van der Waals surface area contributed by atoms with Gasteiger partial charge < -0.3 is 14.8 Å². The average molecular weight is 248 g/mol. The second-order valence-corrected chi connectivity index (χ2v) is 4.16. The lowest BCUT2D eigenvalue weighted by Gasteiger charge is -2.03. The molecule has 6 heteroatoms. The molecule has 96 valence electrons. The van der Waals surface area contributed by atoms with E-state index < -0.39 is 0 Å². The molecule has 0 aliphatic carbocycles. The smallest absolute Gasteiger partial charge is 0.220 e. The minimum absolute atomic E-state index is 0.00426. The number of hydrogen-bond donors (Lipinski definition) is 2. The third kappa shape index (κ3) is 2.97. The van der Waals surface area contributed by atoms with E-state index in [0.29, 0.717) is 19.4 Å². The molecule has 2 heterocycles. The number of nitrogens with zero attached hydrogens (tertiary/aromatic N) is 2. The fourth-order valence-corrected chi connectivity index (χ4v) is 1.76. The number of imidazole rings is 1. The number of hydrogen-bond acceptors (Lipinski definition) is 4. The zero-order valence-corrected chi connectivity index (χ0v) is 10.5. The fraction of sp³-hybridized carbons (Fsp3) is 0.417. The molecule has 0 aliphatic rings. The minimum atomic E-state index is 0.00426. The summed E-state index contributed by atoms with van der Waals surface area (Å²) in [6, 6.07) is 0. The number of carbonyl (C=O) groups excluding carboxylic acids is 1. The number of aromatic nitrogens is 3. The Kier molecular flexibility index (Phi) is 3.76. The van der Waals surface area contributed by atoms with E-state index in [9.17, 15) is 4.79 Å². The van der Waals surface area contributed by atoms with Gasteiger partial charge in [0.05, 0.1) is 24.3 Å². The second kappa shape index (κ2) is 5.48. The van der Waals surface area contributed by atoms with E-state index in [1.807, 2.05) is 13.8 Å². The predicted molar refractivity (Wildman–Crippen MR) is 64.7 cm³/mol. The zero-order chi connectivity index (χ0) is 13.0. The molecular weight excluding hydrogens is 232 g/mol. The summed E-state index contributed by atoms with van der Waals surface area (Å²) in [5.41, 5.74) is 2.77. The van der Waals surface area contributed by atoms with Gasteiger partial charge in [0.1, 0.15) is 5.76 Å². The number of aryl methyl sites for hydroxylation is 2. The molecule has 1 amide bonds. The van der Waals surface area contributed by atoms with Gasteiger partial charge in [-0.05, 0) is 20.3 Å². The van der Waals surface area contributed by atoms with Gasteiger partial charge in [-0.25, -0.2) is 4.98 Å². The fourth-order valence-electron chi connectivity index (χ4n) is 1.76. The third-order valence-electron chi connectivity index (χ3n) is 2.81. The molecule has 0 radical (unpaired) electrons. The molecule has 2 rings (SSSR count). The van der Waals surface area contributed by atoms with Crippen molar-refractivity contribution in [1.82, 2.24) is 20.4 Å². The lowest BCUT2D eigenvalue weighted by Crippen LogP contribution is -2.23. The summed E-state index contributed by atoms with van der Waals surface area (Å²) in [6.07, 6.45) is 4.35. The van der Waals surface area contributed by atoms with Crippen molar-refractivity contribution >= 4 is 5.91 Å². The molecule has 0 spiro atoms. The van der Waals surface area contributed by atoms with E-state index in [1.54, 1.807) is 12.5 Å². The quantitative estimate of drug-likeness (QED) is 0.834. The standard InChI is InChI=1S/C12H16N4O2/c1-8-11(9(2)18-16-8)3-4-12(17)14-6-10-5-13-7-15-10/h5,7H,3-4,6H2,1-2H3,(H,13,15)(H,14,17). The summed E-state index contributed by atoms with van der Waals surface area (Å²) in [5.74, 6) is 0.790. The van der Waals surface area contributed by atoms with Crippen molar-refractivity contribution in [3.05, 3.63) is 35.2 Å². The summed E-state index contributed by atoms with van der Waals surface area (Å²) in [4.78, 5) is 18.5. The molecule has 18 heavy (non-hydrogen) atoms. The minimum Gasteiger partial charge on any atom is -0.361 e. The highest BCUT2D eigenvalue weighted by atomic mass is 16.5. The summed E-state index contributed by atoms with van der Waals surface area (Å²) in [6.45, 7) is 4.21. The van der Waals surface area contributed by atoms with Crippen LogP contribution in [-0.2, 0) is 17.8 Å². The van der Waals surface area contributed by atoms with E-state index >= 15 is 0 Å². The monoisotopic (exact) mass is 248 g/mol. The Balaban J connectivity index is 1.78. The van der Waals surface area contributed by atoms with Gasteiger partial charge in [-0.3, -0.25) is 4.79 Å². The van der Waals surface area contributed by atoms with Gasteiger partial charge in [-0.2, -0.15) is 0 Å². The van der Waals surface area contributed by atoms with Crippen LogP contribution in [0.4, 0.5) is 0 Å². The second-order valence-electron chi connectivity index (χ2n) is 4.16. The first-order valence-corrected chi connectivity index (χ1v) is 5.82. The summed E-state index contributed by atoms with van der Waals surface area (Å²) in [5, 5.41) is 6.69. The van der Waals surface area contributed by atoms with Crippen molar-refractivity contribution in [2.24, 2.45) is 0 Å². The molecule has 0 saturated carbocycles. The highest BCUT2D eigenvalue weighted by Gasteiger charge is 2.10. The molecule has 0 saturated heterocycles. The van der Waals surface area contributed by atoms with Crippen molar-refractivity contribution in [3.63, 3.8) is 0 Å². The molecule has 0 unspecified atom stereocenters. The highest BCUT2D eigenvalue weighted by molar-refractivity contribution is 5.76. The van der Waals surface area contributed by atoms with E-state index in [4.69, 9.17) is 4.52 Å². The van der Waals surface area contributed by atoms with E-state index in [1.165, 1.54) is 0 Å². The molecule has 2 N–H and O–H groups in total. The van der Waals surface area contributed by atoms with Crippen LogP contribution >= 0.6 is 0 Å². The van der Waals surface area contributed by atoms with Gasteiger partial charge >= 0.3 is 0 Å². The molecule has 6 nitrogen and oxygen atoms in total. The number of H-pyrrole nitrogens is 1. The Hall–Kier alpha value is -2.11. The van der Waals surface area contributed by atoms with Gasteiger partial charge in [-0.15, -0.1) is 0 Å². The van der Waals surface area contributed by atoms with Crippen molar-refractivity contribution in [2.75, 3.05) is 0 Å². The van der Waals surface area contributed by atoms with Crippen LogP contribution in [0, 0.1) is 13.8 Å². The van der Waals surface area contributed by atoms with Crippen LogP contribution in [0.25, 0.3) is 0 Å². The van der Waals surface area contributed by atoms with Crippen LogP contribution in [0.5, 0.6) is 0 Å². The molecule has 0 fully saturated rings. The van der Waals surface area contributed by atoms with Crippen LogP contribution < -0.4 is 5.32 Å². The molecule has 0 atom stereocenters. The number of rotatable bonds is 5. The van der Waals surface area contributed by atoms with Crippen molar-refractivity contribution in [1.29, 1.82) is 0 Å². The Bertz CT molecular complexity index is 497. The Morgan fingerprint density at radius 3 is 2.94 bits per heavy atom. The third-order valence-corrected chi connectivity index (χ3v) is 2.81. The van der Waals surface area contributed by atoms with Crippen LogP contribution in [-0.4, -0.2) is 21.0 Å². The lowest BCUT2D eigenvalue weighted by molar-refractivity contribution is -0.121. The molecule has 0 aromatic carbocycles. The molecular formula is C12H16N4O2. The first-order chi connectivity index (χ1) is 8.66. The van der Waals surface area contributed by atoms with Gasteiger partial charge in [0, 0.05) is 18.2 Å². The molecule has 2 aromatic heterocycles. The van der Waals surface area contributed by atoms with Crippen LogP contribution in [0.3, 0.4) is 0 Å². The zero-order valence-electron chi connectivity index (χ0n) is 10.5. The van der Waals surface area contributed by atoms with E-state index in [-0.39, 0.29) is 5.91 Å². The van der Waals surface area contributed by atoms with Gasteiger partial charge in [-0.1, -0.05) is 5.16 Å². The Labute approximate surface area is 105 Å². The largest absolute Gasteiger partial charge is 0.361 e. The predicted octanol–water partition coefficient (Wildman–Crippen LogP) is 1.26. The maximum atomic E-state index is 11.7. The number of nitrogens with one attached hydrogen (secondary N) is 2. The van der Waals surface area contributed by atoms with Gasteiger partial charge in [0.2, 0.25) is 5.91 Å². The van der Waals surface area contributed by atoms with Crippen molar-refractivity contribution < 1.29 is 9.32 Å². The van der Waals surface area contributed by atoms with Crippen LogP contribution in [0.2, 0.25) is 0 Å². The van der Waals surface area contributed by atoms with E-state index in [0.717, 1.165) is 22.7 Å². The number of amides is 1. The lowest BCUT2D eigenvalue weighted by atomic mass is 10.1. The highest BCUT2D eigenvalue weighted by Crippen LogP contribution is 2.14. The van der Waals surface area contributed by atoms with Crippen LogP contribution in [0.15, 0.2) is 17.0 Å². The normalized spacial score (nSPS) is 10.6. The average Bonchev–Trinajstić information content (AvgIpc) is 2.96. The van der Waals surface area contributed by atoms with Crippen molar-refractivity contribution in [3.8, 4) is 0 Å². The summed E-state index contributed by atoms with van der Waals surface area (Å²) in [7, 11) is 0. The van der Waals surface area contributed by atoms with Gasteiger partial charge in [0.25, 0.3) is 0 Å². The Morgan fingerprint density at radius 2 is 2.33 bits per heavy atom. The first kappa shape index (κ1) is 12.3. The Morgan fingerprint density at radius 1 is 1.50 bits per heavy atom. The SMILES string of the molecule is Cc1noc(C)c1CCC(=O)NCc1cnc[nH]1. The van der Waals surface area contributed by atoms with Crippen LogP contribution in [0.1, 0.15) is 29.1 Å². The molecule has 2 aromatic rings. The first-order valence-electron chi connectivity index (χ1n) is 5.82. The topological polar surface area (TPSA) is 83.8 Å². The van der Waals surface area contributed by atoms with Gasteiger partial charge in [0.15, 0.2) is 0 Å². The maximum Gasteiger partial charge on any atom is 0.220 e. The number of carbonyl (C=O) groups is 1.